The first-order valence-electron chi connectivity index (χ1n) is 5.91. The van der Waals surface area contributed by atoms with Gasteiger partial charge in [-0.2, -0.15) is 0 Å². The second-order valence-electron chi connectivity index (χ2n) is 4.49. The smallest absolute Gasteiger partial charge is 0.267 e. The van der Waals surface area contributed by atoms with Crippen LogP contribution in [-0.2, 0) is 0 Å². The lowest BCUT2D eigenvalue weighted by Crippen LogP contribution is -2.30. The quantitative estimate of drug-likeness (QED) is 0.740. The van der Waals surface area contributed by atoms with E-state index in [4.69, 9.17) is 0 Å². The first-order chi connectivity index (χ1) is 9.90. The van der Waals surface area contributed by atoms with Crippen molar-refractivity contribution in [2.45, 2.75) is 6.92 Å². The number of anilines is 1. The number of amides is 2. The Morgan fingerprint density at radius 1 is 1.05 bits per heavy atom. The fraction of sp³-hybridized carbons (Fsp3) is 0.0714. The second-order valence-corrected chi connectivity index (χ2v) is 5.35. The van der Waals surface area contributed by atoms with Gasteiger partial charge in [0.05, 0.1) is 16.8 Å². The highest BCUT2D eigenvalue weighted by Crippen LogP contribution is 2.30. The van der Waals surface area contributed by atoms with Crippen molar-refractivity contribution in [2.75, 3.05) is 4.90 Å². The first-order valence-corrected chi connectivity index (χ1v) is 6.70. The topological polar surface area (TPSA) is 50.3 Å². The van der Waals surface area contributed by atoms with Crippen molar-refractivity contribution in [3.05, 3.63) is 57.2 Å². The van der Waals surface area contributed by atoms with E-state index in [0.717, 1.165) is 21.5 Å². The highest BCUT2D eigenvalue weighted by molar-refractivity contribution is 9.10. The van der Waals surface area contributed by atoms with E-state index in [1.54, 1.807) is 13.0 Å². The van der Waals surface area contributed by atoms with Gasteiger partial charge in [0.25, 0.3) is 11.8 Å². The van der Waals surface area contributed by atoms with Crippen molar-refractivity contribution < 1.29 is 18.4 Å². The number of carbonyl (C=O) groups excluding carboxylic acids is 2. The van der Waals surface area contributed by atoms with Gasteiger partial charge in [-0.1, -0.05) is 0 Å². The third-order valence-corrected chi connectivity index (χ3v) is 4.00. The summed E-state index contributed by atoms with van der Waals surface area (Å²) in [6.07, 6.45) is 0. The van der Waals surface area contributed by atoms with Gasteiger partial charge in [-0.05, 0) is 47.1 Å². The minimum atomic E-state index is -1.17. The molecule has 0 N–H and O–H groups in total. The van der Waals surface area contributed by atoms with E-state index in [-0.39, 0.29) is 16.9 Å². The van der Waals surface area contributed by atoms with Gasteiger partial charge >= 0.3 is 0 Å². The van der Waals surface area contributed by atoms with E-state index in [1.165, 1.54) is 6.07 Å². The van der Waals surface area contributed by atoms with Crippen molar-refractivity contribution in [2.24, 2.45) is 0 Å². The molecule has 0 saturated carbocycles. The lowest BCUT2D eigenvalue weighted by molar-refractivity contribution is 0.0925. The number of halogens is 3. The lowest BCUT2D eigenvalue weighted by Gasteiger charge is -2.13. The van der Waals surface area contributed by atoms with Gasteiger partial charge in [-0.3, -0.25) is 9.59 Å². The standard InChI is InChI=1S/C14H7BrF2N2O2/c1-6-9(15)2-3-12(18-6)19-13(20)7-4-10(16)11(17)5-8(7)14(19)21/h2-5H,1H3. The van der Waals surface area contributed by atoms with Crippen LogP contribution in [0.5, 0.6) is 0 Å². The summed E-state index contributed by atoms with van der Waals surface area (Å²) in [5.41, 5.74) is 0.254. The van der Waals surface area contributed by atoms with Gasteiger partial charge in [0, 0.05) is 4.47 Å². The predicted octanol–water partition coefficient (Wildman–Crippen LogP) is 3.23. The van der Waals surface area contributed by atoms with Crippen LogP contribution in [0.3, 0.4) is 0 Å². The minimum absolute atomic E-state index is 0.114. The van der Waals surface area contributed by atoms with E-state index >= 15 is 0 Å². The number of rotatable bonds is 1. The summed E-state index contributed by atoms with van der Waals surface area (Å²) in [6, 6.07) is 4.58. The lowest BCUT2D eigenvalue weighted by atomic mass is 10.1. The van der Waals surface area contributed by atoms with Crippen LogP contribution in [0.15, 0.2) is 28.7 Å². The number of hydrogen-bond acceptors (Lipinski definition) is 3. The molecule has 0 aliphatic carbocycles. The fourth-order valence-electron chi connectivity index (χ4n) is 2.10. The Hall–Kier alpha value is -2.15. The highest BCUT2D eigenvalue weighted by Gasteiger charge is 2.38. The summed E-state index contributed by atoms with van der Waals surface area (Å²) in [4.78, 5) is 29.4. The minimum Gasteiger partial charge on any atom is -0.268 e. The predicted molar refractivity (Wildman–Crippen MR) is 74.2 cm³/mol. The Balaban J connectivity index is 2.13. The molecule has 0 fully saturated rings. The summed E-state index contributed by atoms with van der Waals surface area (Å²) in [6.45, 7) is 1.70. The normalized spacial score (nSPS) is 13.8. The van der Waals surface area contributed by atoms with E-state index in [1.807, 2.05) is 0 Å². The molecule has 21 heavy (non-hydrogen) atoms. The number of carbonyl (C=O) groups is 2. The van der Waals surface area contributed by atoms with E-state index < -0.39 is 23.4 Å². The average Bonchev–Trinajstić information content (AvgIpc) is 2.66. The molecule has 1 aromatic carbocycles. The number of aromatic nitrogens is 1. The molecule has 2 amide bonds. The summed E-state index contributed by atoms with van der Waals surface area (Å²) < 4.78 is 27.2. The SMILES string of the molecule is Cc1nc(N2C(=O)c3cc(F)c(F)cc3C2=O)ccc1Br. The molecule has 1 aliphatic rings. The van der Waals surface area contributed by atoms with Crippen LogP contribution in [0, 0.1) is 18.6 Å². The molecule has 106 valence electrons. The Kier molecular flexibility index (Phi) is 3.09. The Bertz CT molecular complexity index is 767. The molecule has 0 radical (unpaired) electrons. The van der Waals surface area contributed by atoms with E-state index in [9.17, 15) is 18.4 Å². The summed E-state index contributed by atoms with van der Waals surface area (Å²) in [5.74, 6) is -3.66. The molecule has 0 saturated heterocycles. The van der Waals surface area contributed by atoms with Gasteiger partial charge in [0.1, 0.15) is 5.82 Å². The van der Waals surface area contributed by atoms with Crippen LogP contribution >= 0.6 is 15.9 Å². The number of fused-ring (bicyclic) bond motifs is 1. The second kappa shape index (κ2) is 4.70. The summed E-state index contributed by atoms with van der Waals surface area (Å²) >= 11 is 3.27. The number of pyridine rings is 1. The van der Waals surface area contributed by atoms with Crippen LogP contribution < -0.4 is 4.90 Å². The molecule has 7 heteroatoms. The van der Waals surface area contributed by atoms with Crippen molar-refractivity contribution in [3.63, 3.8) is 0 Å². The van der Waals surface area contributed by atoms with Crippen molar-refractivity contribution in [3.8, 4) is 0 Å². The maximum Gasteiger partial charge on any atom is 0.267 e. The van der Waals surface area contributed by atoms with Crippen LogP contribution in [0.1, 0.15) is 26.4 Å². The molecular weight excluding hydrogens is 346 g/mol. The first kappa shape index (κ1) is 13.8. The Morgan fingerprint density at radius 3 is 2.05 bits per heavy atom. The maximum absolute atomic E-state index is 13.2. The monoisotopic (exact) mass is 352 g/mol. The summed E-state index contributed by atoms with van der Waals surface area (Å²) in [7, 11) is 0. The number of aryl methyl sites for hydroxylation is 1. The Labute approximate surface area is 126 Å². The third kappa shape index (κ3) is 2.04. The largest absolute Gasteiger partial charge is 0.268 e. The van der Waals surface area contributed by atoms with Gasteiger partial charge < -0.3 is 0 Å². The average molecular weight is 353 g/mol. The maximum atomic E-state index is 13.2. The molecule has 0 atom stereocenters. The molecule has 2 aromatic rings. The summed E-state index contributed by atoms with van der Waals surface area (Å²) in [5, 5.41) is 0. The zero-order valence-electron chi connectivity index (χ0n) is 10.7. The van der Waals surface area contributed by atoms with E-state index in [2.05, 4.69) is 20.9 Å². The van der Waals surface area contributed by atoms with Crippen LogP contribution in [0.2, 0.25) is 0 Å². The molecule has 1 aliphatic heterocycles. The molecule has 2 heterocycles. The van der Waals surface area contributed by atoms with Gasteiger partial charge in [-0.15, -0.1) is 0 Å². The molecule has 0 spiro atoms. The van der Waals surface area contributed by atoms with Crippen molar-refractivity contribution in [1.82, 2.24) is 4.98 Å². The van der Waals surface area contributed by atoms with Crippen LogP contribution in [0.25, 0.3) is 0 Å². The van der Waals surface area contributed by atoms with Gasteiger partial charge in [0.2, 0.25) is 0 Å². The number of benzene rings is 1. The number of nitrogens with zero attached hydrogens (tertiary/aromatic N) is 2. The highest BCUT2D eigenvalue weighted by atomic mass is 79.9. The molecule has 0 bridgehead atoms. The molecular formula is C14H7BrF2N2O2. The zero-order chi connectivity index (χ0) is 15.3. The van der Waals surface area contributed by atoms with Crippen molar-refractivity contribution >= 4 is 33.6 Å². The van der Waals surface area contributed by atoms with Crippen molar-refractivity contribution in [1.29, 1.82) is 0 Å². The molecule has 4 nitrogen and oxygen atoms in total. The zero-order valence-corrected chi connectivity index (χ0v) is 12.2. The molecule has 3 rings (SSSR count). The third-order valence-electron chi connectivity index (χ3n) is 3.16. The van der Waals surface area contributed by atoms with Gasteiger partial charge in [0.15, 0.2) is 11.6 Å². The molecule has 0 unspecified atom stereocenters. The van der Waals surface area contributed by atoms with Gasteiger partial charge in [-0.25, -0.2) is 18.7 Å². The van der Waals surface area contributed by atoms with Crippen LogP contribution in [0.4, 0.5) is 14.6 Å². The Morgan fingerprint density at radius 2 is 1.57 bits per heavy atom. The number of imide groups is 1. The molecule has 1 aromatic heterocycles. The van der Waals surface area contributed by atoms with E-state index in [0.29, 0.717) is 5.69 Å². The number of hydrogen-bond donors (Lipinski definition) is 0. The fourth-order valence-corrected chi connectivity index (χ4v) is 2.32. The van der Waals surface area contributed by atoms with Crippen LogP contribution in [-0.4, -0.2) is 16.8 Å².